The van der Waals surface area contributed by atoms with Crippen molar-refractivity contribution in [3.8, 4) is 0 Å². The van der Waals surface area contributed by atoms with E-state index in [1.165, 1.54) is 11.8 Å². The molecule has 0 radical (unpaired) electrons. The maximum Gasteiger partial charge on any atom is 0.233 e. The topological polar surface area (TPSA) is 63.4 Å². The van der Waals surface area contributed by atoms with Gasteiger partial charge in [0.25, 0.3) is 0 Å². The molecule has 1 aromatic carbocycles. The second kappa shape index (κ2) is 6.51. The van der Waals surface area contributed by atoms with Crippen LogP contribution in [0.4, 0.5) is 0 Å². The second-order valence-corrected chi connectivity index (χ2v) is 4.57. The summed E-state index contributed by atoms with van der Waals surface area (Å²) in [5, 5.41) is 0. The van der Waals surface area contributed by atoms with Crippen molar-refractivity contribution in [3.05, 3.63) is 34.3 Å². The third-order valence-corrected chi connectivity index (χ3v) is 2.83. The Morgan fingerprint density at radius 3 is 2.35 bits per heavy atom. The minimum Gasteiger partial charge on any atom is -0.329 e. The van der Waals surface area contributed by atoms with E-state index in [1.807, 2.05) is 24.3 Å². The molecule has 0 aliphatic carbocycles. The fourth-order valence-corrected chi connectivity index (χ4v) is 1.72. The highest BCUT2D eigenvalue weighted by Gasteiger charge is 2.16. The standard InChI is InChI=1S/C12H15BrN2O2/c1-9(16)15(7-6-14)12(17)8-10-2-4-11(13)5-3-10/h2-5H,6-8,14H2,1H3. The van der Waals surface area contributed by atoms with Crippen molar-refractivity contribution in [1.29, 1.82) is 0 Å². The highest BCUT2D eigenvalue weighted by molar-refractivity contribution is 9.10. The lowest BCUT2D eigenvalue weighted by atomic mass is 10.1. The van der Waals surface area contributed by atoms with Gasteiger partial charge >= 0.3 is 0 Å². The van der Waals surface area contributed by atoms with Gasteiger partial charge in [-0.25, -0.2) is 0 Å². The van der Waals surface area contributed by atoms with Crippen LogP contribution < -0.4 is 5.73 Å². The van der Waals surface area contributed by atoms with Crippen LogP contribution in [0.2, 0.25) is 0 Å². The van der Waals surface area contributed by atoms with E-state index in [2.05, 4.69) is 15.9 Å². The average Bonchev–Trinajstić information content (AvgIpc) is 2.28. The minimum atomic E-state index is -0.266. The Morgan fingerprint density at radius 1 is 1.29 bits per heavy atom. The van der Waals surface area contributed by atoms with Crippen LogP contribution in [0, 0.1) is 0 Å². The van der Waals surface area contributed by atoms with Gasteiger partial charge in [0.15, 0.2) is 0 Å². The van der Waals surface area contributed by atoms with E-state index in [4.69, 9.17) is 5.73 Å². The number of nitrogens with zero attached hydrogens (tertiary/aromatic N) is 1. The zero-order chi connectivity index (χ0) is 12.8. The number of nitrogens with two attached hydrogens (primary N) is 1. The summed E-state index contributed by atoms with van der Waals surface area (Å²) in [4.78, 5) is 24.3. The normalized spacial score (nSPS) is 10.1. The van der Waals surface area contributed by atoms with Crippen LogP contribution in [0.15, 0.2) is 28.7 Å². The van der Waals surface area contributed by atoms with Crippen LogP contribution in [0.5, 0.6) is 0 Å². The van der Waals surface area contributed by atoms with Gasteiger partial charge in [-0.1, -0.05) is 28.1 Å². The van der Waals surface area contributed by atoms with Gasteiger partial charge in [-0.15, -0.1) is 0 Å². The third-order valence-electron chi connectivity index (χ3n) is 2.30. The van der Waals surface area contributed by atoms with Gasteiger partial charge in [0.2, 0.25) is 11.8 Å². The van der Waals surface area contributed by atoms with Crippen LogP contribution in [0.25, 0.3) is 0 Å². The average molecular weight is 299 g/mol. The Morgan fingerprint density at radius 2 is 1.88 bits per heavy atom. The summed E-state index contributed by atoms with van der Waals surface area (Å²) in [6.07, 6.45) is 0.215. The number of carbonyl (C=O) groups is 2. The lowest BCUT2D eigenvalue weighted by molar-refractivity contribution is -0.142. The molecule has 0 bridgehead atoms. The zero-order valence-electron chi connectivity index (χ0n) is 9.65. The summed E-state index contributed by atoms with van der Waals surface area (Å²) in [5.74, 6) is -0.483. The maximum absolute atomic E-state index is 11.9. The number of imide groups is 1. The molecular weight excluding hydrogens is 284 g/mol. The smallest absolute Gasteiger partial charge is 0.233 e. The zero-order valence-corrected chi connectivity index (χ0v) is 11.2. The van der Waals surface area contributed by atoms with Gasteiger partial charge in [-0.3, -0.25) is 14.5 Å². The van der Waals surface area contributed by atoms with Crippen molar-refractivity contribution >= 4 is 27.7 Å². The van der Waals surface area contributed by atoms with Crippen LogP contribution in [0.3, 0.4) is 0 Å². The van der Waals surface area contributed by atoms with Gasteiger partial charge in [-0.2, -0.15) is 0 Å². The molecule has 2 amide bonds. The highest BCUT2D eigenvalue weighted by Crippen LogP contribution is 2.11. The molecule has 0 aliphatic rings. The Labute approximate surface area is 109 Å². The molecule has 0 atom stereocenters. The Bertz CT molecular complexity index is 403. The van der Waals surface area contributed by atoms with Crippen molar-refractivity contribution < 1.29 is 9.59 Å². The first-order valence-electron chi connectivity index (χ1n) is 5.30. The fourth-order valence-electron chi connectivity index (χ4n) is 1.46. The van der Waals surface area contributed by atoms with Gasteiger partial charge in [0.1, 0.15) is 0 Å². The molecule has 1 aromatic rings. The predicted octanol–water partition coefficient (Wildman–Crippen LogP) is 1.33. The molecule has 4 nitrogen and oxygen atoms in total. The van der Waals surface area contributed by atoms with Gasteiger partial charge in [0, 0.05) is 24.5 Å². The van der Waals surface area contributed by atoms with Crippen LogP contribution in [-0.4, -0.2) is 29.8 Å². The largest absolute Gasteiger partial charge is 0.329 e. The van der Waals surface area contributed by atoms with Crippen LogP contribution in [-0.2, 0) is 16.0 Å². The summed E-state index contributed by atoms with van der Waals surface area (Å²) in [7, 11) is 0. The Kier molecular flexibility index (Phi) is 5.31. The monoisotopic (exact) mass is 298 g/mol. The predicted molar refractivity (Wildman–Crippen MR) is 69.3 cm³/mol. The van der Waals surface area contributed by atoms with E-state index in [-0.39, 0.29) is 31.3 Å². The Balaban J connectivity index is 2.69. The van der Waals surface area contributed by atoms with Gasteiger partial charge in [-0.05, 0) is 17.7 Å². The summed E-state index contributed by atoms with van der Waals surface area (Å²) in [6, 6.07) is 7.43. The van der Waals surface area contributed by atoms with Gasteiger partial charge < -0.3 is 5.73 Å². The van der Waals surface area contributed by atoms with E-state index >= 15 is 0 Å². The quantitative estimate of drug-likeness (QED) is 0.912. The van der Waals surface area contributed by atoms with Crippen LogP contribution >= 0.6 is 15.9 Å². The summed E-state index contributed by atoms with van der Waals surface area (Å²) in [5.41, 5.74) is 6.24. The van der Waals surface area contributed by atoms with E-state index in [0.717, 1.165) is 10.0 Å². The first-order valence-corrected chi connectivity index (χ1v) is 6.09. The molecule has 0 heterocycles. The van der Waals surface area contributed by atoms with Gasteiger partial charge in [0.05, 0.1) is 6.42 Å². The molecule has 2 N–H and O–H groups in total. The van der Waals surface area contributed by atoms with Crippen molar-refractivity contribution in [3.63, 3.8) is 0 Å². The number of halogens is 1. The number of hydrogen-bond donors (Lipinski definition) is 1. The summed E-state index contributed by atoms with van der Waals surface area (Å²) >= 11 is 3.32. The molecule has 17 heavy (non-hydrogen) atoms. The highest BCUT2D eigenvalue weighted by atomic mass is 79.9. The number of hydrogen-bond acceptors (Lipinski definition) is 3. The van der Waals surface area contributed by atoms with E-state index in [1.54, 1.807) is 0 Å². The number of amides is 2. The molecule has 0 spiro atoms. The molecule has 5 heteroatoms. The van der Waals surface area contributed by atoms with E-state index in [9.17, 15) is 9.59 Å². The molecule has 0 aromatic heterocycles. The number of benzene rings is 1. The van der Waals surface area contributed by atoms with Crippen molar-refractivity contribution in [2.45, 2.75) is 13.3 Å². The van der Waals surface area contributed by atoms with Crippen LogP contribution in [0.1, 0.15) is 12.5 Å². The number of rotatable bonds is 4. The molecule has 0 saturated heterocycles. The first kappa shape index (κ1) is 13.9. The minimum absolute atomic E-state index is 0.215. The SMILES string of the molecule is CC(=O)N(CCN)C(=O)Cc1ccc(Br)cc1. The lowest BCUT2D eigenvalue weighted by Gasteiger charge is -2.18. The Hall–Kier alpha value is -1.20. The molecule has 1 rings (SSSR count). The second-order valence-electron chi connectivity index (χ2n) is 3.66. The molecule has 0 saturated carbocycles. The molecule has 0 fully saturated rings. The fraction of sp³-hybridized carbons (Fsp3) is 0.333. The van der Waals surface area contributed by atoms with E-state index in [0.29, 0.717) is 0 Å². The molecule has 92 valence electrons. The summed E-state index contributed by atoms with van der Waals surface area (Å²) in [6.45, 7) is 1.92. The third kappa shape index (κ3) is 4.28. The molecular formula is C12H15BrN2O2. The van der Waals surface area contributed by atoms with E-state index < -0.39 is 0 Å². The van der Waals surface area contributed by atoms with Crippen molar-refractivity contribution in [2.24, 2.45) is 5.73 Å². The lowest BCUT2D eigenvalue weighted by Crippen LogP contribution is -2.39. The first-order chi connectivity index (χ1) is 8.04. The maximum atomic E-state index is 11.9. The van der Waals surface area contributed by atoms with Crippen molar-refractivity contribution in [2.75, 3.05) is 13.1 Å². The van der Waals surface area contributed by atoms with Crippen molar-refractivity contribution in [1.82, 2.24) is 4.90 Å². The molecule has 0 aliphatic heterocycles. The molecule has 0 unspecified atom stereocenters. The number of carbonyl (C=O) groups excluding carboxylic acids is 2. The summed E-state index contributed by atoms with van der Waals surface area (Å²) < 4.78 is 0.957.